The molecule has 6 nitrogen and oxygen atoms in total. The molecule has 27 heavy (non-hydrogen) atoms. The molecule has 0 aliphatic carbocycles. The van der Waals surface area contributed by atoms with E-state index in [9.17, 15) is 9.18 Å². The van der Waals surface area contributed by atoms with E-state index in [0.717, 1.165) is 32.0 Å². The van der Waals surface area contributed by atoms with Gasteiger partial charge in [-0.2, -0.15) is 0 Å². The number of hydrogen-bond donors (Lipinski definition) is 0. The van der Waals surface area contributed by atoms with E-state index in [4.69, 9.17) is 4.74 Å². The van der Waals surface area contributed by atoms with Gasteiger partial charge in [-0.15, -0.1) is 0 Å². The Hall–Kier alpha value is -2.41. The summed E-state index contributed by atoms with van der Waals surface area (Å²) in [6.45, 7) is 9.26. The van der Waals surface area contributed by atoms with Crippen molar-refractivity contribution in [3.8, 4) is 5.75 Å². The third-order valence-electron chi connectivity index (χ3n) is 4.82. The standard InChI is InChI=1S/C20H27FN4O2/c1-16(2)20-22-7-8-25(20)14-11-23-9-12-24(13-10-23)19(26)15-27-18-5-3-17(21)4-6-18/h3-8,16H,9-15H2,1-2H3. The van der Waals surface area contributed by atoms with Crippen LogP contribution in [0.25, 0.3) is 0 Å². The molecule has 0 saturated carbocycles. The molecule has 0 N–H and O–H groups in total. The first kappa shape index (κ1) is 19.4. The molecule has 0 radical (unpaired) electrons. The zero-order valence-corrected chi connectivity index (χ0v) is 16.0. The fraction of sp³-hybridized carbons (Fsp3) is 0.500. The van der Waals surface area contributed by atoms with Gasteiger partial charge in [0, 0.05) is 57.6 Å². The third kappa shape index (κ3) is 5.29. The average Bonchev–Trinajstić information content (AvgIpc) is 3.15. The van der Waals surface area contributed by atoms with Crippen molar-refractivity contribution in [2.75, 3.05) is 39.3 Å². The molecule has 2 aromatic rings. The van der Waals surface area contributed by atoms with Crippen LogP contribution < -0.4 is 4.74 Å². The summed E-state index contributed by atoms with van der Waals surface area (Å²) in [5.74, 6) is 1.68. The van der Waals surface area contributed by atoms with Gasteiger partial charge >= 0.3 is 0 Å². The van der Waals surface area contributed by atoms with Gasteiger partial charge in [0.25, 0.3) is 5.91 Å². The van der Waals surface area contributed by atoms with Crippen molar-refractivity contribution in [2.45, 2.75) is 26.3 Å². The zero-order chi connectivity index (χ0) is 19.2. The van der Waals surface area contributed by atoms with Crippen LogP contribution in [0.2, 0.25) is 0 Å². The molecule has 1 fully saturated rings. The van der Waals surface area contributed by atoms with Crippen LogP contribution in [0.15, 0.2) is 36.7 Å². The van der Waals surface area contributed by atoms with Crippen LogP contribution in [0.1, 0.15) is 25.6 Å². The monoisotopic (exact) mass is 374 g/mol. The number of amides is 1. The van der Waals surface area contributed by atoms with E-state index >= 15 is 0 Å². The number of ether oxygens (including phenoxy) is 1. The molecule has 0 bridgehead atoms. The Bertz CT molecular complexity index is 737. The first-order valence-electron chi connectivity index (χ1n) is 9.42. The maximum atomic E-state index is 12.9. The first-order chi connectivity index (χ1) is 13.0. The highest BCUT2D eigenvalue weighted by atomic mass is 19.1. The SMILES string of the molecule is CC(C)c1nccn1CCN1CCN(C(=O)COc2ccc(F)cc2)CC1. The topological polar surface area (TPSA) is 50.6 Å². The minimum absolute atomic E-state index is 0.0155. The largest absolute Gasteiger partial charge is 0.484 e. The zero-order valence-electron chi connectivity index (χ0n) is 16.0. The molecule has 1 amide bonds. The van der Waals surface area contributed by atoms with Crippen molar-refractivity contribution in [2.24, 2.45) is 0 Å². The minimum atomic E-state index is -0.319. The summed E-state index contributed by atoms with van der Waals surface area (Å²) in [4.78, 5) is 20.9. The summed E-state index contributed by atoms with van der Waals surface area (Å²) in [5.41, 5.74) is 0. The van der Waals surface area contributed by atoms with E-state index in [1.807, 2.05) is 17.3 Å². The second-order valence-corrected chi connectivity index (χ2v) is 7.10. The lowest BCUT2D eigenvalue weighted by Gasteiger charge is -2.34. The number of carbonyl (C=O) groups excluding carboxylic acids is 1. The molecule has 3 rings (SSSR count). The lowest BCUT2D eigenvalue weighted by atomic mass is 10.2. The Morgan fingerprint density at radius 1 is 1.15 bits per heavy atom. The van der Waals surface area contributed by atoms with E-state index in [2.05, 4.69) is 28.3 Å². The molecular weight excluding hydrogens is 347 g/mol. The number of carbonyl (C=O) groups is 1. The molecule has 2 heterocycles. The van der Waals surface area contributed by atoms with E-state index in [0.29, 0.717) is 24.8 Å². The fourth-order valence-corrected chi connectivity index (χ4v) is 3.25. The van der Waals surface area contributed by atoms with Crippen LogP contribution in [-0.4, -0.2) is 64.6 Å². The predicted molar refractivity (Wildman–Crippen MR) is 101 cm³/mol. The molecule has 1 saturated heterocycles. The van der Waals surface area contributed by atoms with Crippen molar-refractivity contribution in [3.63, 3.8) is 0 Å². The quantitative estimate of drug-likeness (QED) is 0.747. The summed E-state index contributed by atoms with van der Waals surface area (Å²) in [5, 5.41) is 0. The number of aromatic nitrogens is 2. The summed E-state index contributed by atoms with van der Waals surface area (Å²) >= 11 is 0. The summed E-state index contributed by atoms with van der Waals surface area (Å²) in [6.07, 6.45) is 3.88. The third-order valence-corrected chi connectivity index (χ3v) is 4.82. The smallest absolute Gasteiger partial charge is 0.260 e. The van der Waals surface area contributed by atoms with Crippen molar-refractivity contribution < 1.29 is 13.9 Å². The van der Waals surface area contributed by atoms with Gasteiger partial charge in [0.1, 0.15) is 17.4 Å². The maximum absolute atomic E-state index is 12.9. The van der Waals surface area contributed by atoms with Gasteiger partial charge in [-0.05, 0) is 24.3 Å². The molecule has 1 aliphatic heterocycles. The highest BCUT2D eigenvalue weighted by molar-refractivity contribution is 5.77. The van der Waals surface area contributed by atoms with Gasteiger partial charge in [-0.25, -0.2) is 9.37 Å². The molecule has 7 heteroatoms. The van der Waals surface area contributed by atoms with Gasteiger partial charge in [0.15, 0.2) is 6.61 Å². The fourth-order valence-electron chi connectivity index (χ4n) is 3.25. The molecule has 146 valence electrons. The van der Waals surface area contributed by atoms with Crippen LogP contribution in [0.5, 0.6) is 5.75 Å². The second kappa shape index (κ2) is 8.99. The predicted octanol–water partition coefficient (Wildman–Crippen LogP) is 2.37. The van der Waals surface area contributed by atoms with E-state index in [1.54, 1.807) is 0 Å². The van der Waals surface area contributed by atoms with Crippen LogP contribution in [0, 0.1) is 5.82 Å². The van der Waals surface area contributed by atoms with Gasteiger partial charge in [-0.3, -0.25) is 9.69 Å². The highest BCUT2D eigenvalue weighted by Crippen LogP contribution is 2.13. The van der Waals surface area contributed by atoms with Crippen molar-refractivity contribution >= 4 is 5.91 Å². The number of halogens is 1. The number of nitrogens with zero attached hydrogens (tertiary/aromatic N) is 4. The molecule has 1 aromatic carbocycles. The van der Waals surface area contributed by atoms with Crippen LogP contribution in [0.3, 0.4) is 0 Å². The van der Waals surface area contributed by atoms with Gasteiger partial charge < -0.3 is 14.2 Å². The number of benzene rings is 1. The Kier molecular flexibility index (Phi) is 6.45. The molecule has 0 atom stereocenters. The first-order valence-corrected chi connectivity index (χ1v) is 9.42. The van der Waals surface area contributed by atoms with E-state index in [-0.39, 0.29) is 18.3 Å². The molecular formula is C20H27FN4O2. The van der Waals surface area contributed by atoms with Crippen LogP contribution in [0.4, 0.5) is 4.39 Å². The van der Waals surface area contributed by atoms with E-state index < -0.39 is 0 Å². The Morgan fingerprint density at radius 2 is 1.85 bits per heavy atom. The van der Waals surface area contributed by atoms with Crippen molar-refractivity contribution in [3.05, 3.63) is 48.3 Å². The molecule has 1 aromatic heterocycles. The Balaban J connectivity index is 1.39. The van der Waals surface area contributed by atoms with Crippen molar-refractivity contribution in [1.82, 2.24) is 19.4 Å². The summed E-state index contributed by atoms with van der Waals surface area (Å²) in [6, 6.07) is 5.71. The van der Waals surface area contributed by atoms with Crippen LogP contribution in [-0.2, 0) is 11.3 Å². The summed E-state index contributed by atoms with van der Waals surface area (Å²) in [7, 11) is 0. The van der Waals surface area contributed by atoms with Crippen LogP contribution >= 0.6 is 0 Å². The maximum Gasteiger partial charge on any atom is 0.260 e. The number of rotatable bonds is 7. The lowest BCUT2D eigenvalue weighted by Crippen LogP contribution is -2.50. The Morgan fingerprint density at radius 3 is 2.52 bits per heavy atom. The highest BCUT2D eigenvalue weighted by Gasteiger charge is 2.21. The number of imidazole rings is 1. The summed E-state index contributed by atoms with van der Waals surface area (Å²) < 4.78 is 20.5. The van der Waals surface area contributed by atoms with Crippen molar-refractivity contribution in [1.29, 1.82) is 0 Å². The number of hydrogen-bond acceptors (Lipinski definition) is 4. The van der Waals surface area contributed by atoms with Gasteiger partial charge in [0.2, 0.25) is 0 Å². The minimum Gasteiger partial charge on any atom is -0.484 e. The normalized spacial score (nSPS) is 15.3. The second-order valence-electron chi connectivity index (χ2n) is 7.10. The van der Waals surface area contributed by atoms with Gasteiger partial charge in [0.05, 0.1) is 0 Å². The Labute approximate surface area is 159 Å². The average molecular weight is 374 g/mol. The van der Waals surface area contributed by atoms with E-state index in [1.165, 1.54) is 24.3 Å². The molecule has 1 aliphatic rings. The molecule has 0 spiro atoms. The molecule has 0 unspecified atom stereocenters. The lowest BCUT2D eigenvalue weighted by molar-refractivity contribution is -0.135. The van der Waals surface area contributed by atoms with Gasteiger partial charge in [-0.1, -0.05) is 13.8 Å². The number of piperazine rings is 1.